The number of hydrogen-bond donors (Lipinski definition) is 2. The molecule has 1 unspecified atom stereocenters. The summed E-state index contributed by atoms with van der Waals surface area (Å²) in [7, 11) is 0. The van der Waals surface area contributed by atoms with Gasteiger partial charge in [-0.15, -0.1) is 0 Å². The van der Waals surface area contributed by atoms with E-state index in [4.69, 9.17) is 20.9 Å². The molecule has 0 fully saturated rings. The van der Waals surface area contributed by atoms with Gasteiger partial charge in [0, 0.05) is 6.54 Å². The largest absolute Gasteiger partial charge is 0.494 e. The quantitative estimate of drug-likeness (QED) is 0.237. The molecule has 1 aliphatic carbocycles. The summed E-state index contributed by atoms with van der Waals surface area (Å²) < 4.78 is 11.2. The van der Waals surface area contributed by atoms with Gasteiger partial charge in [-0.1, -0.05) is 58.0 Å². The van der Waals surface area contributed by atoms with Crippen LogP contribution >= 0.6 is 0 Å². The lowest BCUT2D eigenvalue weighted by atomic mass is 9.89. The molecule has 0 bridgehead atoms. The molecule has 0 aliphatic heterocycles. The smallest absolute Gasteiger partial charge is 0.324 e. The van der Waals surface area contributed by atoms with Crippen molar-refractivity contribution in [1.82, 2.24) is 0 Å². The molecule has 1 aliphatic rings. The van der Waals surface area contributed by atoms with Gasteiger partial charge in [0.2, 0.25) is 0 Å². The molecule has 0 heterocycles. The van der Waals surface area contributed by atoms with Crippen molar-refractivity contribution in [2.75, 3.05) is 19.8 Å². The molecule has 2 aromatic carbocycles. The Kier molecular flexibility index (Phi) is 11.2. The average molecular weight is 507 g/mol. The van der Waals surface area contributed by atoms with Crippen LogP contribution in [0.4, 0.5) is 0 Å². The van der Waals surface area contributed by atoms with Crippen molar-refractivity contribution < 1.29 is 14.3 Å². The number of rotatable bonds is 13. The molecule has 0 spiro atoms. The Labute approximate surface area is 223 Å². The summed E-state index contributed by atoms with van der Waals surface area (Å²) in [5.41, 5.74) is 19.2. The predicted octanol–water partition coefficient (Wildman–Crippen LogP) is 6.58. The van der Waals surface area contributed by atoms with Gasteiger partial charge in [-0.2, -0.15) is 0 Å². The Morgan fingerprint density at radius 1 is 0.892 bits per heavy atom. The van der Waals surface area contributed by atoms with Gasteiger partial charge in [0.25, 0.3) is 0 Å². The molecule has 4 N–H and O–H groups in total. The summed E-state index contributed by atoms with van der Waals surface area (Å²) in [5.74, 6) is 1.54. The predicted molar refractivity (Wildman–Crippen MR) is 154 cm³/mol. The van der Waals surface area contributed by atoms with E-state index >= 15 is 0 Å². The SMILES string of the molecule is CC(C)c1cc(C2=Cc3cc(OCCCCCCOC(=O)C(N)CN)ccc3CCC2)cc(C(C)C)c1. The molecule has 0 amide bonds. The lowest BCUT2D eigenvalue weighted by Crippen LogP contribution is -2.39. The zero-order chi connectivity index (χ0) is 26.8. The van der Waals surface area contributed by atoms with Crippen LogP contribution in [0.15, 0.2) is 36.4 Å². The standard InChI is InChI=1S/C32H46N2O3/c1-22(2)26-17-27(23(3)4)19-28(18-26)25-11-9-10-24-12-13-30(20-29(24)16-25)36-14-7-5-6-8-15-37-32(35)31(34)21-33/h12-13,16-20,22-23,31H,5-11,14-15,21,33-34H2,1-4H3. The maximum Gasteiger partial charge on any atom is 0.324 e. The third-order valence-electron chi connectivity index (χ3n) is 7.13. The molecule has 0 radical (unpaired) electrons. The number of benzene rings is 2. The minimum atomic E-state index is -0.719. The Morgan fingerprint density at radius 3 is 2.22 bits per heavy atom. The number of nitrogens with two attached hydrogens (primary N) is 2. The summed E-state index contributed by atoms with van der Waals surface area (Å²) in [4.78, 5) is 11.5. The van der Waals surface area contributed by atoms with E-state index in [-0.39, 0.29) is 6.54 Å². The Morgan fingerprint density at radius 2 is 1.57 bits per heavy atom. The number of esters is 1. The van der Waals surface area contributed by atoms with Crippen LogP contribution in [0.5, 0.6) is 5.75 Å². The zero-order valence-electron chi connectivity index (χ0n) is 23.2. The topological polar surface area (TPSA) is 87.6 Å². The summed E-state index contributed by atoms with van der Waals surface area (Å²) in [6.07, 6.45) is 9.54. The Hall–Kier alpha value is -2.63. The zero-order valence-corrected chi connectivity index (χ0v) is 23.2. The molecule has 1 atom stereocenters. The minimum absolute atomic E-state index is 0.111. The Balaban J connectivity index is 1.57. The van der Waals surface area contributed by atoms with E-state index in [1.807, 2.05) is 0 Å². The van der Waals surface area contributed by atoms with E-state index in [0.29, 0.717) is 25.0 Å². The number of fused-ring (bicyclic) bond motifs is 1. The lowest BCUT2D eigenvalue weighted by Gasteiger charge is -2.16. The number of carbonyl (C=O) groups is 1. The second-order valence-corrected chi connectivity index (χ2v) is 10.9. The van der Waals surface area contributed by atoms with Crippen LogP contribution in [0.1, 0.15) is 106 Å². The monoisotopic (exact) mass is 506 g/mol. The molecular formula is C32H46N2O3. The average Bonchev–Trinajstić information content (AvgIpc) is 3.11. The number of aryl methyl sites for hydroxylation is 1. The fourth-order valence-electron chi connectivity index (χ4n) is 4.63. The molecule has 5 nitrogen and oxygen atoms in total. The summed E-state index contributed by atoms with van der Waals surface area (Å²) in [5, 5.41) is 0. The van der Waals surface area contributed by atoms with Crippen LogP contribution in [0.2, 0.25) is 0 Å². The minimum Gasteiger partial charge on any atom is -0.494 e. The van der Waals surface area contributed by atoms with Crippen LogP contribution in [0.25, 0.3) is 11.6 Å². The first kappa shape index (κ1) is 28.9. The molecule has 0 saturated carbocycles. The van der Waals surface area contributed by atoms with Crippen LogP contribution in [0, 0.1) is 0 Å². The highest BCUT2D eigenvalue weighted by Gasteiger charge is 2.15. The molecule has 202 valence electrons. The van der Waals surface area contributed by atoms with E-state index in [1.54, 1.807) is 0 Å². The van der Waals surface area contributed by atoms with Gasteiger partial charge in [0.15, 0.2) is 0 Å². The highest BCUT2D eigenvalue weighted by molar-refractivity contribution is 5.84. The molecule has 3 rings (SSSR count). The Bertz CT molecular complexity index is 1030. The molecular weight excluding hydrogens is 460 g/mol. The van der Waals surface area contributed by atoms with Crippen molar-refractivity contribution in [3.63, 3.8) is 0 Å². The third kappa shape index (κ3) is 8.72. The van der Waals surface area contributed by atoms with Crippen molar-refractivity contribution in [2.45, 2.75) is 90.5 Å². The summed E-state index contributed by atoms with van der Waals surface area (Å²) in [6, 6.07) is 13.0. The molecule has 37 heavy (non-hydrogen) atoms. The first-order valence-electron chi connectivity index (χ1n) is 14.0. The van der Waals surface area contributed by atoms with Crippen molar-refractivity contribution >= 4 is 17.6 Å². The fourth-order valence-corrected chi connectivity index (χ4v) is 4.63. The van der Waals surface area contributed by atoms with Gasteiger partial charge in [0.1, 0.15) is 11.8 Å². The van der Waals surface area contributed by atoms with E-state index in [1.165, 1.54) is 33.4 Å². The molecule has 0 saturated heterocycles. The highest BCUT2D eigenvalue weighted by atomic mass is 16.5. The third-order valence-corrected chi connectivity index (χ3v) is 7.13. The number of carbonyl (C=O) groups excluding carboxylic acids is 1. The van der Waals surface area contributed by atoms with E-state index in [9.17, 15) is 4.79 Å². The number of allylic oxidation sites excluding steroid dienone is 1. The van der Waals surface area contributed by atoms with E-state index in [2.05, 4.69) is 70.2 Å². The van der Waals surface area contributed by atoms with Crippen LogP contribution in [0.3, 0.4) is 0 Å². The fraction of sp³-hybridized carbons (Fsp3) is 0.531. The van der Waals surface area contributed by atoms with Crippen molar-refractivity contribution in [2.24, 2.45) is 11.5 Å². The molecule has 2 aromatic rings. The van der Waals surface area contributed by atoms with Gasteiger partial charge < -0.3 is 20.9 Å². The maximum atomic E-state index is 11.5. The number of hydrogen-bond acceptors (Lipinski definition) is 5. The van der Waals surface area contributed by atoms with Gasteiger partial charge in [-0.25, -0.2) is 0 Å². The van der Waals surface area contributed by atoms with Crippen molar-refractivity contribution in [3.05, 3.63) is 64.2 Å². The molecule has 5 heteroatoms. The first-order chi connectivity index (χ1) is 17.8. The van der Waals surface area contributed by atoms with Crippen LogP contribution in [-0.4, -0.2) is 31.8 Å². The van der Waals surface area contributed by atoms with Gasteiger partial charge in [-0.3, -0.25) is 4.79 Å². The van der Waals surface area contributed by atoms with E-state index in [0.717, 1.165) is 50.7 Å². The van der Waals surface area contributed by atoms with Crippen LogP contribution in [-0.2, 0) is 16.0 Å². The second kappa shape index (κ2) is 14.3. The van der Waals surface area contributed by atoms with Gasteiger partial charge >= 0.3 is 5.97 Å². The van der Waals surface area contributed by atoms with Crippen molar-refractivity contribution in [1.29, 1.82) is 0 Å². The van der Waals surface area contributed by atoms with Crippen LogP contribution < -0.4 is 16.2 Å². The second-order valence-electron chi connectivity index (χ2n) is 10.9. The van der Waals surface area contributed by atoms with E-state index < -0.39 is 12.0 Å². The van der Waals surface area contributed by atoms with Gasteiger partial charge in [-0.05, 0) is 102 Å². The summed E-state index contributed by atoms with van der Waals surface area (Å²) >= 11 is 0. The van der Waals surface area contributed by atoms with Crippen molar-refractivity contribution in [3.8, 4) is 5.75 Å². The first-order valence-corrected chi connectivity index (χ1v) is 14.0. The summed E-state index contributed by atoms with van der Waals surface area (Å²) in [6.45, 7) is 10.3. The normalized spacial score (nSPS) is 14.2. The number of ether oxygens (including phenoxy) is 2. The molecule has 0 aromatic heterocycles. The maximum absolute atomic E-state index is 11.5. The number of unbranched alkanes of at least 4 members (excludes halogenated alkanes) is 3. The van der Waals surface area contributed by atoms with Gasteiger partial charge in [0.05, 0.1) is 13.2 Å². The lowest BCUT2D eigenvalue weighted by molar-refractivity contribution is -0.145. The highest BCUT2D eigenvalue weighted by Crippen LogP contribution is 2.34.